The SMILES string of the molecule is OCCC(NCC(O)Cc1ccccc1)c1ccccc1. The number of benzene rings is 2. The molecule has 112 valence electrons. The summed E-state index contributed by atoms with van der Waals surface area (Å²) >= 11 is 0. The van der Waals surface area contributed by atoms with Crippen molar-refractivity contribution >= 4 is 0 Å². The lowest BCUT2D eigenvalue weighted by Gasteiger charge is -2.20. The first-order valence-corrected chi connectivity index (χ1v) is 7.40. The molecule has 2 atom stereocenters. The van der Waals surface area contributed by atoms with Gasteiger partial charge in [-0.25, -0.2) is 0 Å². The fraction of sp³-hybridized carbons (Fsp3) is 0.333. The van der Waals surface area contributed by atoms with E-state index in [1.807, 2.05) is 60.7 Å². The van der Waals surface area contributed by atoms with Gasteiger partial charge in [0.15, 0.2) is 0 Å². The molecular weight excluding hydrogens is 262 g/mol. The molecule has 0 heterocycles. The number of nitrogens with one attached hydrogen (secondary N) is 1. The topological polar surface area (TPSA) is 52.5 Å². The highest BCUT2D eigenvalue weighted by Gasteiger charge is 2.12. The summed E-state index contributed by atoms with van der Waals surface area (Å²) < 4.78 is 0. The van der Waals surface area contributed by atoms with Crippen molar-refractivity contribution in [1.29, 1.82) is 0 Å². The van der Waals surface area contributed by atoms with Crippen molar-refractivity contribution in [2.45, 2.75) is 25.0 Å². The average Bonchev–Trinajstić information content (AvgIpc) is 2.53. The molecule has 21 heavy (non-hydrogen) atoms. The first kappa shape index (κ1) is 15.7. The van der Waals surface area contributed by atoms with E-state index in [0.717, 1.165) is 11.1 Å². The third-order valence-electron chi connectivity index (χ3n) is 3.53. The Hall–Kier alpha value is -1.68. The van der Waals surface area contributed by atoms with Crippen molar-refractivity contribution in [3.05, 3.63) is 71.8 Å². The number of hydrogen-bond donors (Lipinski definition) is 3. The fourth-order valence-corrected chi connectivity index (χ4v) is 2.44. The minimum absolute atomic E-state index is 0.0709. The van der Waals surface area contributed by atoms with E-state index in [2.05, 4.69) is 5.32 Å². The van der Waals surface area contributed by atoms with E-state index in [0.29, 0.717) is 19.4 Å². The predicted octanol–water partition coefficient (Wildman–Crippen LogP) is 2.30. The van der Waals surface area contributed by atoms with Crippen LogP contribution in [0.3, 0.4) is 0 Å². The molecule has 0 aliphatic heterocycles. The van der Waals surface area contributed by atoms with E-state index in [4.69, 9.17) is 0 Å². The van der Waals surface area contributed by atoms with Crippen molar-refractivity contribution in [2.24, 2.45) is 0 Å². The van der Waals surface area contributed by atoms with Crippen LogP contribution in [0.1, 0.15) is 23.6 Å². The molecule has 0 fully saturated rings. The molecule has 0 aliphatic carbocycles. The Morgan fingerprint density at radius 3 is 2.14 bits per heavy atom. The Morgan fingerprint density at radius 1 is 0.905 bits per heavy atom. The summed E-state index contributed by atoms with van der Waals surface area (Å²) in [5.41, 5.74) is 2.27. The maximum absolute atomic E-state index is 10.1. The van der Waals surface area contributed by atoms with E-state index >= 15 is 0 Å². The minimum atomic E-state index is -0.433. The summed E-state index contributed by atoms with van der Waals surface area (Å²) in [5.74, 6) is 0. The van der Waals surface area contributed by atoms with E-state index < -0.39 is 6.10 Å². The Bertz CT molecular complexity index is 501. The van der Waals surface area contributed by atoms with E-state index in [9.17, 15) is 10.2 Å². The zero-order chi connectivity index (χ0) is 14.9. The summed E-state index contributed by atoms with van der Waals surface area (Å²) in [6.45, 7) is 0.635. The Balaban J connectivity index is 1.87. The van der Waals surface area contributed by atoms with Crippen LogP contribution in [0.2, 0.25) is 0 Å². The molecule has 2 unspecified atom stereocenters. The second kappa shape index (κ2) is 8.57. The van der Waals surface area contributed by atoms with Crippen molar-refractivity contribution in [3.8, 4) is 0 Å². The Kier molecular flexibility index (Phi) is 6.41. The highest BCUT2D eigenvalue weighted by Crippen LogP contribution is 2.16. The van der Waals surface area contributed by atoms with Crippen molar-refractivity contribution in [3.63, 3.8) is 0 Å². The van der Waals surface area contributed by atoms with Crippen LogP contribution in [0.4, 0.5) is 0 Å². The largest absolute Gasteiger partial charge is 0.396 e. The van der Waals surface area contributed by atoms with Gasteiger partial charge in [0.25, 0.3) is 0 Å². The molecule has 0 saturated heterocycles. The van der Waals surface area contributed by atoms with Crippen LogP contribution in [-0.4, -0.2) is 29.5 Å². The van der Waals surface area contributed by atoms with Gasteiger partial charge in [-0.3, -0.25) is 0 Å². The summed E-state index contributed by atoms with van der Waals surface area (Å²) in [6, 6.07) is 20.1. The maximum atomic E-state index is 10.1. The lowest BCUT2D eigenvalue weighted by Crippen LogP contribution is -2.32. The van der Waals surface area contributed by atoms with Gasteiger partial charge in [-0.2, -0.15) is 0 Å². The number of aliphatic hydroxyl groups excluding tert-OH is 2. The maximum Gasteiger partial charge on any atom is 0.0705 e. The monoisotopic (exact) mass is 285 g/mol. The molecule has 0 saturated carbocycles. The average molecular weight is 285 g/mol. The molecule has 0 radical (unpaired) electrons. The van der Waals surface area contributed by atoms with Gasteiger partial charge in [0.2, 0.25) is 0 Å². The van der Waals surface area contributed by atoms with E-state index in [1.165, 1.54) is 0 Å². The number of aliphatic hydroxyl groups is 2. The normalized spacial score (nSPS) is 13.8. The number of rotatable bonds is 8. The van der Waals surface area contributed by atoms with Crippen LogP contribution in [0.15, 0.2) is 60.7 Å². The molecule has 3 heteroatoms. The summed E-state index contributed by atoms with van der Waals surface area (Å²) in [5, 5.41) is 22.7. The van der Waals surface area contributed by atoms with E-state index in [-0.39, 0.29) is 12.6 Å². The molecule has 3 N–H and O–H groups in total. The lowest BCUT2D eigenvalue weighted by atomic mass is 10.0. The van der Waals surface area contributed by atoms with Gasteiger partial charge in [-0.15, -0.1) is 0 Å². The molecule has 0 bridgehead atoms. The summed E-state index contributed by atoms with van der Waals surface area (Å²) in [4.78, 5) is 0. The first-order valence-electron chi connectivity index (χ1n) is 7.40. The van der Waals surface area contributed by atoms with Crippen LogP contribution >= 0.6 is 0 Å². The van der Waals surface area contributed by atoms with Gasteiger partial charge < -0.3 is 15.5 Å². The highest BCUT2D eigenvalue weighted by atomic mass is 16.3. The molecule has 3 nitrogen and oxygen atoms in total. The smallest absolute Gasteiger partial charge is 0.0705 e. The van der Waals surface area contributed by atoms with Gasteiger partial charge in [0.1, 0.15) is 0 Å². The van der Waals surface area contributed by atoms with Crippen molar-refractivity contribution in [1.82, 2.24) is 5.32 Å². The fourth-order valence-electron chi connectivity index (χ4n) is 2.44. The van der Waals surface area contributed by atoms with E-state index in [1.54, 1.807) is 0 Å². The van der Waals surface area contributed by atoms with Gasteiger partial charge in [0.05, 0.1) is 6.10 Å². The second-order valence-corrected chi connectivity index (χ2v) is 5.23. The third kappa shape index (κ3) is 5.31. The second-order valence-electron chi connectivity index (χ2n) is 5.23. The molecule has 0 amide bonds. The lowest BCUT2D eigenvalue weighted by molar-refractivity contribution is 0.163. The first-order chi connectivity index (χ1) is 10.3. The highest BCUT2D eigenvalue weighted by molar-refractivity contribution is 5.19. The zero-order valence-corrected chi connectivity index (χ0v) is 12.2. The van der Waals surface area contributed by atoms with Crippen LogP contribution in [0.25, 0.3) is 0 Å². The Labute approximate surface area is 126 Å². The van der Waals surface area contributed by atoms with Gasteiger partial charge in [0, 0.05) is 19.2 Å². The standard InChI is InChI=1S/C18H23NO2/c20-12-11-18(16-9-5-2-6-10-16)19-14-17(21)13-15-7-3-1-4-8-15/h1-10,17-21H,11-14H2. The molecular formula is C18H23NO2. The predicted molar refractivity (Wildman–Crippen MR) is 85.0 cm³/mol. The van der Waals surface area contributed by atoms with Gasteiger partial charge in [-0.05, 0) is 24.0 Å². The Morgan fingerprint density at radius 2 is 1.52 bits per heavy atom. The number of hydrogen-bond acceptors (Lipinski definition) is 3. The van der Waals surface area contributed by atoms with Crippen molar-refractivity contribution < 1.29 is 10.2 Å². The van der Waals surface area contributed by atoms with Crippen LogP contribution < -0.4 is 5.32 Å². The molecule has 0 aliphatic rings. The van der Waals surface area contributed by atoms with Crippen LogP contribution in [0, 0.1) is 0 Å². The van der Waals surface area contributed by atoms with Gasteiger partial charge >= 0.3 is 0 Å². The molecule has 2 aromatic rings. The minimum Gasteiger partial charge on any atom is -0.396 e. The molecule has 0 spiro atoms. The third-order valence-corrected chi connectivity index (χ3v) is 3.53. The summed E-state index contributed by atoms with van der Waals surface area (Å²) in [6.07, 6.45) is 0.841. The van der Waals surface area contributed by atoms with Crippen LogP contribution in [0.5, 0.6) is 0 Å². The summed E-state index contributed by atoms with van der Waals surface area (Å²) in [7, 11) is 0. The molecule has 2 rings (SSSR count). The zero-order valence-electron chi connectivity index (χ0n) is 12.2. The molecule has 2 aromatic carbocycles. The van der Waals surface area contributed by atoms with Crippen LogP contribution in [-0.2, 0) is 6.42 Å². The quantitative estimate of drug-likeness (QED) is 0.697. The van der Waals surface area contributed by atoms with Gasteiger partial charge in [-0.1, -0.05) is 60.7 Å². The molecule has 0 aromatic heterocycles. The van der Waals surface area contributed by atoms with Crippen molar-refractivity contribution in [2.75, 3.05) is 13.2 Å².